The Labute approximate surface area is 189 Å². The van der Waals surface area contributed by atoms with Gasteiger partial charge in [-0.2, -0.15) is 0 Å². The van der Waals surface area contributed by atoms with E-state index in [0.717, 1.165) is 13.1 Å². The molecule has 0 unspecified atom stereocenters. The average Bonchev–Trinajstić information content (AvgIpc) is 2.74. The summed E-state index contributed by atoms with van der Waals surface area (Å²) in [6, 6.07) is 1.90. The maximum absolute atomic E-state index is 12.6. The van der Waals surface area contributed by atoms with Crippen LogP contribution in [0.3, 0.4) is 0 Å². The molecule has 0 aromatic carbocycles. The molecule has 1 aromatic heterocycles. The van der Waals surface area contributed by atoms with Crippen molar-refractivity contribution in [3.8, 4) is 0 Å². The number of hydrogen-bond donors (Lipinski definition) is 2. The Kier molecular flexibility index (Phi) is 7.70. The van der Waals surface area contributed by atoms with Gasteiger partial charge in [-0.15, -0.1) is 0 Å². The predicted octanol–water partition coefficient (Wildman–Crippen LogP) is 0.300. The largest absolute Gasteiger partial charge is 0.444 e. The zero-order chi connectivity index (χ0) is 23.1. The Morgan fingerprint density at radius 2 is 1.78 bits per heavy atom. The number of carbonyl (C=O) groups is 2. The quantitative estimate of drug-likeness (QED) is 0.490. The van der Waals surface area contributed by atoms with E-state index in [9.17, 15) is 9.59 Å². The minimum absolute atomic E-state index is 0.109. The van der Waals surface area contributed by atoms with Crippen molar-refractivity contribution in [1.29, 1.82) is 0 Å². The highest BCUT2D eigenvalue weighted by molar-refractivity contribution is 5.82. The standard InChI is InChI=1S/C21H34N8O3/c1-21(2,3)32-20(31)29-14-16(15-29)26-18(22-4)23-9-6-17(30)27-10-12-28(13-11-27)19-24-7-5-8-25-19/h5,7-8,16H,6,9-15H2,1-4H3,(H2,22,23,26). The van der Waals surface area contributed by atoms with Gasteiger partial charge in [0.05, 0.1) is 6.04 Å². The number of amides is 2. The number of hydrogen-bond acceptors (Lipinski definition) is 7. The van der Waals surface area contributed by atoms with Crippen molar-refractivity contribution in [1.82, 2.24) is 30.4 Å². The van der Waals surface area contributed by atoms with Crippen molar-refractivity contribution in [2.75, 3.05) is 57.8 Å². The first-order chi connectivity index (χ1) is 15.2. The lowest BCUT2D eigenvalue weighted by atomic mass is 10.1. The summed E-state index contributed by atoms with van der Waals surface area (Å²) in [4.78, 5) is 42.9. The fraction of sp³-hybridized carbons (Fsp3) is 0.667. The molecule has 0 radical (unpaired) electrons. The Bertz CT molecular complexity index is 797. The van der Waals surface area contributed by atoms with Crippen molar-refractivity contribution in [2.24, 2.45) is 4.99 Å². The number of piperazine rings is 1. The predicted molar refractivity (Wildman–Crippen MR) is 122 cm³/mol. The number of aromatic nitrogens is 2. The molecule has 0 bridgehead atoms. The van der Waals surface area contributed by atoms with Crippen LogP contribution < -0.4 is 15.5 Å². The molecule has 3 rings (SSSR count). The van der Waals surface area contributed by atoms with E-state index in [1.807, 2.05) is 25.7 Å². The second-order valence-corrected chi connectivity index (χ2v) is 8.89. The Balaban J connectivity index is 1.32. The summed E-state index contributed by atoms with van der Waals surface area (Å²) >= 11 is 0. The van der Waals surface area contributed by atoms with Crippen molar-refractivity contribution >= 4 is 23.9 Å². The highest BCUT2D eigenvalue weighted by Crippen LogP contribution is 2.15. The highest BCUT2D eigenvalue weighted by Gasteiger charge is 2.34. The maximum Gasteiger partial charge on any atom is 0.410 e. The van der Waals surface area contributed by atoms with Crippen LogP contribution in [0.25, 0.3) is 0 Å². The van der Waals surface area contributed by atoms with Crippen molar-refractivity contribution in [3.63, 3.8) is 0 Å². The van der Waals surface area contributed by atoms with Gasteiger partial charge in [0.1, 0.15) is 5.60 Å². The third-order valence-electron chi connectivity index (χ3n) is 5.20. The summed E-state index contributed by atoms with van der Waals surface area (Å²) in [5, 5.41) is 6.45. The zero-order valence-electron chi connectivity index (χ0n) is 19.4. The van der Waals surface area contributed by atoms with Crippen LogP contribution in [0, 0.1) is 0 Å². The fourth-order valence-corrected chi connectivity index (χ4v) is 3.49. The number of anilines is 1. The van der Waals surface area contributed by atoms with Gasteiger partial charge < -0.3 is 30.1 Å². The molecule has 2 N–H and O–H groups in total. The minimum atomic E-state index is -0.498. The van der Waals surface area contributed by atoms with Crippen molar-refractivity contribution in [3.05, 3.63) is 18.5 Å². The number of rotatable bonds is 5. The molecule has 11 nitrogen and oxygen atoms in total. The average molecular weight is 447 g/mol. The van der Waals surface area contributed by atoms with Gasteiger partial charge in [-0.3, -0.25) is 9.79 Å². The number of carbonyl (C=O) groups excluding carboxylic acids is 2. The number of aliphatic imine (C=N–C) groups is 1. The lowest BCUT2D eigenvalue weighted by Crippen LogP contribution is -2.63. The lowest BCUT2D eigenvalue weighted by Gasteiger charge is -2.40. The molecule has 2 fully saturated rings. The van der Waals surface area contributed by atoms with Crippen LogP contribution in [-0.4, -0.2) is 102 Å². The van der Waals surface area contributed by atoms with Crippen LogP contribution in [0.2, 0.25) is 0 Å². The van der Waals surface area contributed by atoms with Crippen LogP contribution >= 0.6 is 0 Å². The number of nitrogens with zero attached hydrogens (tertiary/aromatic N) is 6. The monoisotopic (exact) mass is 446 g/mol. The molecule has 176 valence electrons. The van der Waals surface area contributed by atoms with E-state index >= 15 is 0 Å². The first-order valence-corrected chi connectivity index (χ1v) is 11.0. The summed E-state index contributed by atoms with van der Waals surface area (Å²) < 4.78 is 5.36. The first-order valence-electron chi connectivity index (χ1n) is 11.0. The SMILES string of the molecule is CN=C(NCCC(=O)N1CCN(c2ncccn2)CC1)NC1CN(C(=O)OC(C)(C)C)C1. The first kappa shape index (κ1) is 23.6. The minimum Gasteiger partial charge on any atom is -0.444 e. The smallest absolute Gasteiger partial charge is 0.410 e. The van der Waals surface area contributed by atoms with E-state index < -0.39 is 5.60 Å². The van der Waals surface area contributed by atoms with Gasteiger partial charge in [0.25, 0.3) is 0 Å². The molecule has 2 saturated heterocycles. The van der Waals surface area contributed by atoms with Gasteiger partial charge in [0.2, 0.25) is 11.9 Å². The molecule has 2 aliphatic rings. The van der Waals surface area contributed by atoms with Crippen LogP contribution in [0.1, 0.15) is 27.2 Å². The van der Waals surface area contributed by atoms with Gasteiger partial charge in [-0.25, -0.2) is 14.8 Å². The highest BCUT2D eigenvalue weighted by atomic mass is 16.6. The second kappa shape index (κ2) is 10.5. The normalized spacial score (nSPS) is 17.6. The van der Waals surface area contributed by atoms with Crippen LogP contribution in [0.5, 0.6) is 0 Å². The van der Waals surface area contributed by atoms with Crippen molar-refractivity contribution < 1.29 is 14.3 Å². The number of guanidine groups is 1. The zero-order valence-corrected chi connectivity index (χ0v) is 19.4. The van der Waals surface area contributed by atoms with Gasteiger partial charge in [0.15, 0.2) is 5.96 Å². The number of ether oxygens (including phenoxy) is 1. The molecular weight excluding hydrogens is 412 g/mol. The number of nitrogens with one attached hydrogen (secondary N) is 2. The van der Waals surface area contributed by atoms with E-state index in [0.29, 0.717) is 51.1 Å². The molecule has 0 atom stereocenters. The van der Waals surface area contributed by atoms with E-state index in [2.05, 4.69) is 30.5 Å². The van der Waals surface area contributed by atoms with Gasteiger partial charge in [0, 0.05) is 71.7 Å². The van der Waals surface area contributed by atoms with Gasteiger partial charge >= 0.3 is 6.09 Å². The molecule has 0 saturated carbocycles. The third kappa shape index (κ3) is 6.69. The molecule has 1 aromatic rings. The van der Waals surface area contributed by atoms with Gasteiger partial charge in [-0.05, 0) is 26.8 Å². The third-order valence-corrected chi connectivity index (χ3v) is 5.20. The van der Waals surface area contributed by atoms with Crippen LogP contribution in [0.4, 0.5) is 10.7 Å². The molecule has 32 heavy (non-hydrogen) atoms. The Hall–Kier alpha value is -3.11. The summed E-state index contributed by atoms with van der Waals surface area (Å²) in [7, 11) is 1.69. The summed E-state index contributed by atoms with van der Waals surface area (Å²) in [6.07, 6.45) is 3.54. The topological polar surface area (TPSA) is 115 Å². The molecular formula is C21H34N8O3. The van der Waals surface area contributed by atoms with E-state index in [1.54, 1.807) is 30.4 Å². The number of likely N-dealkylation sites (tertiary alicyclic amines) is 1. The fourth-order valence-electron chi connectivity index (χ4n) is 3.49. The molecule has 2 amide bonds. The Morgan fingerprint density at radius 3 is 2.38 bits per heavy atom. The lowest BCUT2D eigenvalue weighted by molar-refractivity contribution is -0.131. The second-order valence-electron chi connectivity index (χ2n) is 8.89. The van der Waals surface area contributed by atoms with E-state index in [-0.39, 0.29) is 18.0 Å². The molecule has 11 heteroatoms. The maximum atomic E-state index is 12.6. The molecule has 3 heterocycles. The summed E-state index contributed by atoms with van der Waals surface area (Å²) in [6.45, 7) is 9.93. The van der Waals surface area contributed by atoms with Gasteiger partial charge in [-0.1, -0.05) is 0 Å². The molecule has 2 aliphatic heterocycles. The molecule has 0 spiro atoms. The van der Waals surface area contributed by atoms with Crippen LogP contribution in [0.15, 0.2) is 23.5 Å². The summed E-state index contributed by atoms with van der Waals surface area (Å²) in [5.74, 6) is 1.44. The summed E-state index contributed by atoms with van der Waals surface area (Å²) in [5.41, 5.74) is -0.498. The van der Waals surface area contributed by atoms with Crippen LogP contribution in [-0.2, 0) is 9.53 Å². The molecule has 0 aliphatic carbocycles. The Morgan fingerprint density at radius 1 is 1.12 bits per heavy atom. The van der Waals surface area contributed by atoms with Crippen molar-refractivity contribution in [2.45, 2.75) is 38.8 Å². The van der Waals surface area contributed by atoms with E-state index in [1.165, 1.54) is 0 Å². The van der Waals surface area contributed by atoms with E-state index in [4.69, 9.17) is 4.74 Å².